The summed E-state index contributed by atoms with van der Waals surface area (Å²) in [5.41, 5.74) is -0.121. The molecular formula is C13H16FNO3. The summed E-state index contributed by atoms with van der Waals surface area (Å²) in [6.45, 7) is 3.90. The van der Waals surface area contributed by atoms with Crippen LogP contribution < -0.4 is 5.32 Å². The van der Waals surface area contributed by atoms with Crippen molar-refractivity contribution in [2.45, 2.75) is 26.7 Å². The van der Waals surface area contributed by atoms with E-state index in [9.17, 15) is 14.0 Å². The molecule has 0 aliphatic carbocycles. The summed E-state index contributed by atoms with van der Waals surface area (Å²) in [6.07, 6.45) is 1.18. The Morgan fingerprint density at radius 3 is 2.67 bits per heavy atom. The molecule has 0 aliphatic rings. The van der Waals surface area contributed by atoms with Crippen LogP contribution in [0.1, 0.15) is 37.0 Å². The number of carboxylic acid groups (broad SMARTS) is 1. The van der Waals surface area contributed by atoms with E-state index in [-0.39, 0.29) is 23.1 Å². The van der Waals surface area contributed by atoms with Crippen LogP contribution in [-0.2, 0) is 4.79 Å². The molecule has 5 heteroatoms. The topological polar surface area (TPSA) is 66.4 Å². The molecule has 18 heavy (non-hydrogen) atoms. The summed E-state index contributed by atoms with van der Waals surface area (Å²) < 4.78 is 12.9. The van der Waals surface area contributed by atoms with Gasteiger partial charge >= 0.3 is 5.97 Å². The van der Waals surface area contributed by atoms with E-state index in [0.717, 1.165) is 18.6 Å². The van der Waals surface area contributed by atoms with Gasteiger partial charge in [0.2, 0.25) is 5.91 Å². The third-order valence-corrected chi connectivity index (χ3v) is 2.72. The molecule has 0 saturated heterocycles. The van der Waals surface area contributed by atoms with Gasteiger partial charge in [-0.3, -0.25) is 4.79 Å². The van der Waals surface area contributed by atoms with Crippen molar-refractivity contribution in [1.82, 2.24) is 0 Å². The number of carboxylic acids is 1. The molecule has 1 amide bonds. The van der Waals surface area contributed by atoms with Crippen molar-refractivity contribution in [2.24, 2.45) is 5.92 Å². The van der Waals surface area contributed by atoms with Gasteiger partial charge in [0.1, 0.15) is 5.82 Å². The lowest BCUT2D eigenvalue weighted by molar-refractivity contribution is -0.117. The Hall–Kier alpha value is -1.91. The number of hydrogen-bond donors (Lipinski definition) is 2. The quantitative estimate of drug-likeness (QED) is 0.847. The molecule has 1 unspecified atom stereocenters. The molecule has 1 aromatic carbocycles. The Balaban J connectivity index is 2.84. The molecule has 0 radical (unpaired) electrons. The number of amides is 1. The van der Waals surface area contributed by atoms with E-state index >= 15 is 0 Å². The van der Waals surface area contributed by atoms with Gasteiger partial charge in [-0.2, -0.15) is 0 Å². The average molecular weight is 253 g/mol. The third kappa shape index (κ3) is 3.84. The van der Waals surface area contributed by atoms with E-state index in [2.05, 4.69) is 5.32 Å². The lowest BCUT2D eigenvalue weighted by atomic mass is 10.0. The van der Waals surface area contributed by atoms with E-state index < -0.39 is 11.8 Å². The van der Waals surface area contributed by atoms with Crippen LogP contribution in [0.3, 0.4) is 0 Å². The summed E-state index contributed by atoms with van der Waals surface area (Å²) in [5, 5.41) is 11.4. The first-order valence-corrected chi connectivity index (χ1v) is 5.76. The van der Waals surface area contributed by atoms with Crippen molar-refractivity contribution in [3.8, 4) is 0 Å². The Bertz CT molecular complexity index is 460. The Kier molecular flexibility index (Phi) is 4.83. The molecule has 0 bridgehead atoms. The number of aromatic carboxylic acids is 1. The van der Waals surface area contributed by atoms with Crippen LogP contribution in [0, 0.1) is 11.7 Å². The van der Waals surface area contributed by atoms with Crippen molar-refractivity contribution in [3.63, 3.8) is 0 Å². The van der Waals surface area contributed by atoms with E-state index in [0.29, 0.717) is 6.42 Å². The molecule has 2 N–H and O–H groups in total. The Morgan fingerprint density at radius 2 is 2.11 bits per heavy atom. The van der Waals surface area contributed by atoms with Crippen LogP contribution in [0.2, 0.25) is 0 Å². The summed E-state index contributed by atoms with van der Waals surface area (Å²) in [4.78, 5) is 22.6. The molecule has 1 atom stereocenters. The first kappa shape index (κ1) is 14.2. The number of hydrogen-bond acceptors (Lipinski definition) is 2. The first-order valence-electron chi connectivity index (χ1n) is 5.76. The SMILES string of the molecule is CCC(C)CC(=O)Nc1ccc(F)cc1C(=O)O. The number of rotatable bonds is 5. The van der Waals surface area contributed by atoms with Gasteiger partial charge < -0.3 is 10.4 Å². The highest BCUT2D eigenvalue weighted by atomic mass is 19.1. The lowest BCUT2D eigenvalue weighted by Gasteiger charge is -2.11. The van der Waals surface area contributed by atoms with Crippen molar-refractivity contribution in [2.75, 3.05) is 5.32 Å². The maximum Gasteiger partial charge on any atom is 0.337 e. The highest BCUT2D eigenvalue weighted by Crippen LogP contribution is 2.18. The van der Waals surface area contributed by atoms with E-state index in [1.54, 1.807) is 0 Å². The monoisotopic (exact) mass is 253 g/mol. The zero-order valence-electron chi connectivity index (χ0n) is 10.4. The maximum absolute atomic E-state index is 12.9. The molecular weight excluding hydrogens is 237 g/mol. The Morgan fingerprint density at radius 1 is 1.44 bits per heavy atom. The predicted molar refractivity (Wildman–Crippen MR) is 66.1 cm³/mol. The third-order valence-electron chi connectivity index (χ3n) is 2.72. The number of carbonyl (C=O) groups is 2. The number of carbonyl (C=O) groups excluding carboxylic acids is 1. The fourth-order valence-electron chi connectivity index (χ4n) is 1.46. The minimum Gasteiger partial charge on any atom is -0.478 e. The van der Waals surface area contributed by atoms with Gasteiger partial charge in [-0.1, -0.05) is 20.3 Å². The number of nitrogens with one attached hydrogen (secondary N) is 1. The van der Waals surface area contributed by atoms with Crippen LogP contribution >= 0.6 is 0 Å². The molecule has 0 fully saturated rings. The zero-order valence-corrected chi connectivity index (χ0v) is 10.4. The van der Waals surface area contributed by atoms with Crippen LogP contribution in [0.25, 0.3) is 0 Å². The maximum atomic E-state index is 12.9. The van der Waals surface area contributed by atoms with Gasteiger partial charge in [0.25, 0.3) is 0 Å². The molecule has 0 aromatic heterocycles. The summed E-state index contributed by atoms with van der Waals surface area (Å²) >= 11 is 0. The molecule has 0 aliphatic heterocycles. The normalized spacial score (nSPS) is 11.9. The van der Waals surface area contributed by atoms with Gasteiger partial charge in [0.15, 0.2) is 0 Å². The second kappa shape index (κ2) is 6.14. The van der Waals surface area contributed by atoms with Gasteiger partial charge in [0, 0.05) is 6.42 Å². The van der Waals surface area contributed by atoms with Gasteiger partial charge in [0.05, 0.1) is 11.3 Å². The van der Waals surface area contributed by atoms with Gasteiger partial charge in [-0.05, 0) is 24.1 Å². The molecule has 1 rings (SSSR count). The van der Waals surface area contributed by atoms with Gasteiger partial charge in [-0.25, -0.2) is 9.18 Å². The van der Waals surface area contributed by atoms with Crippen LogP contribution in [0.5, 0.6) is 0 Å². The van der Waals surface area contributed by atoms with Crippen molar-refractivity contribution < 1.29 is 19.1 Å². The molecule has 1 aromatic rings. The highest BCUT2D eigenvalue weighted by Gasteiger charge is 2.14. The molecule has 98 valence electrons. The molecule has 4 nitrogen and oxygen atoms in total. The molecule has 0 heterocycles. The highest BCUT2D eigenvalue weighted by molar-refractivity contribution is 6.00. The largest absolute Gasteiger partial charge is 0.478 e. The average Bonchev–Trinajstić information content (AvgIpc) is 2.30. The van der Waals surface area contributed by atoms with Crippen molar-refractivity contribution in [3.05, 3.63) is 29.6 Å². The second-order valence-electron chi connectivity index (χ2n) is 4.26. The standard InChI is InChI=1S/C13H16FNO3/c1-3-8(2)6-12(16)15-11-5-4-9(14)7-10(11)13(17)18/h4-5,7-8H,3,6H2,1-2H3,(H,15,16)(H,17,18). The van der Waals surface area contributed by atoms with Crippen molar-refractivity contribution in [1.29, 1.82) is 0 Å². The molecule has 0 spiro atoms. The summed E-state index contributed by atoms with van der Waals surface area (Å²) in [5.74, 6) is -1.96. The van der Waals surface area contributed by atoms with Crippen molar-refractivity contribution >= 4 is 17.6 Å². The fourth-order valence-corrected chi connectivity index (χ4v) is 1.46. The van der Waals surface area contributed by atoms with Gasteiger partial charge in [-0.15, -0.1) is 0 Å². The summed E-state index contributed by atoms with van der Waals surface area (Å²) in [7, 11) is 0. The number of halogens is 1. The number of anilines is 1. The lowest BCUT2D eigenvalue weighted by Crippen LogP contribution is -2.17. The summed E-state index contributed by atoms with van der Waals surface area (Å²) in [6, 6.07) is 3.26. The number of benzene rings is 1. The minimum atomic E-state index is -1.27. The second-order valence-corrected chi connectivity index (χ2v) is 4.26. The van der Waals surface area contributed by atoms with Crippen LogP contribution in [0.4, 0.5) is 10.1 Å². The van der Waals surface area contributed by atoms with Crippen LogP contribution in [-0.4, -0.2) is 17.0 Å². The zero-order chi connectivity index (χ0) is 13.7. The predicted octanol–water partition coefficient (Wildman–Crippen LogP) is 2.90. The van der Waals surface area contributed by atoms with E-state index in [1.165, 1.54) is 6.07 Å². The minimum absolute atomic E-state index is 0.122. The Labute approximate surface area is 105 Å². The smallest absolute Gasteiger partial charge is 0.337 e. The molecule has 0 saturated carbocycles. The first-order chi connectivity index (χ1) is 8.43. The van der Waals surface area contributed by atoms with Crippen LogP contribution in [0.15, 0.2) is 18.2 Å². The van der Waals surface area contributed by atoms with E-state index in [4.69, 9.17) is 5.11 Å². The fraction of sp³-hybridized carbons (Fsp3) is 0.385. The van der Waals surface area contributed by atoms with E-state index in [1.807, 2.05) is 13.8 Å².